The minimum atomic E-state index is -0.134. The van der Waals surface area contributed by atoms with Crippen LogP contribution in [-0.4, -0.2) is 15.9 Å². The summed E-state index contributed by atoms with van der Waals surface area (Å²) in [7, 11) is 0. The second-order valence-corrected chi connectivity index (χ2v) is 3.37. The van der Waals surface area contributed by atoms with E-state index < -0.39 is 0 Å². The van der Waals surface area contributed by atoms with Gasteiger partial charge in [0.1, 0.15) is 5.75 Å². The minimum Gasteiger partial charge on any atom is -0.508 e. The molecule has 1 aromatic heterocycles. The molecule has 2 N–H and O–H groups in total. The maximum absolute atomic E-state index is 11.7. The van der Waals surface area contributed by atoms with Crippen LogP contribution in [0.3, 0.4) is 0 Å². The van der Waals surface area contributed by atoms with Crippen LogP contribution in [-0.2, 0) is 0 Å². The van der Waals surface area contributed by atoms with E-state index in [4.69, 9.17) is 0 Å². The van der Waals surface area contributed by atoms with Gasteiger partial charge in [-0.05, 0) is 36.4 Å². The van der Waals surface area contributed by atoms with Crippen LogP contribution in [0, 0.1) is 0 Å². The van der Waals surface area contributed by atoms with Crippen LogP contribution in [0.15, 0.2) is 48.7 Å². The molecule has 0 aliphatic heterocycles. The molecule has 0 aliphatic carbocycles. The Morgan fingerprint density at radius 3 is 2.81 bits per heavy atom. The number of H-pyrrole nitrogens is 1. The van der Waals surface area contributed by atoms with Gasteiger partial charge < -0.3 is 10.1 Å². The lowest BCUT2D eigenvalue weighted by atomic mass is 10.1. The highest BCUT2D eigenvalue weighted by Crippen LogP contribution is 2.12. The summed E-state index contributed by atoms with van der Waals surface area (Å²) in [4.78, 5) is 14.6. The highest BCUT2D eigenvalue weighted by molar-refractivity contribution is 6.06. The fourth-order valence-corrected chi connectivity index (χ4v) is 1.37. The van der Waals surface area contributed by atoms with Crippen molar-refractivity contribution in [3.8, 4) is 5.75 Å². The fourth-order valence-electron chi connectivity index (χ4n) is 1.37. The Kier molecular flexibility index (Phi) is 2.87. The van der Waals surface area contributed by atoms with Crippen LogP contribution in [0.2, 0.25) is 0 Å². The summed E-state index contributed by atoms with van der Waals surface area (Å²) in [6.45, 7) is 0. The van der Waals surface area contributed by atoms with Gasteiger partial charge in [-0.2, -0.15) is 0 Å². The number of hydrogen-bond acceptors (Lipinski definition) is 2. The Morgan fingerprint density at radius 2 is 2.12 bits per heavy atom. The number of ketones is 1. The van der Waals surface area contributed by atoms with E-state index in [2.05, 4.69) is 4.98 Å². The number of nitrogens with one attached hydrogen (secondary N) is 1. The van der Waals surface area contributed by atoms with Crippen LogP contribution < -0.4 is 0 Å². The Hall–Kier alpha value is -2.29. The van der Waals surface area contributed by atoms with Crippen molar-refractivity contribution in [2.75, 3.05) is 0 Å². The predicted octanol–water partition coefficient (Wildman–Crippen LogP) is 2.62. The Balaban J connectivity index is 2.15. The van der Waals surface area contributed by atoms with E-state index in [9.17, 15) is 9.90 Å². The first kappa shape index (κ1) is 10.2. The van der Waals surface area contributed by atoms with E-state index in [1.54, 1.807) is 24.4 Å². The van der Waals surface area contributed by atoms with Gasteiger partial charge in [0.15, 0.2) is 5.78 Å². The summed E-state index contributed by atoms with van der Waals surface area (Å²) in [6.07, 6.45) is 4.96. The molecule has 0 fully saturated rings. The first-order chi connectivity index (χ1) is 7.75. The van der Waals surface area contributed by atoms with Gasteiger partial charge in [-0.3, -0.25) is 4.79 Å². The van der Waals surface area contributed by atoms with Gasteiger partial charge in [-0.15, -0.1) is 0 Å². The molecule has 80 valence electrons. The third-order valence-electron chi connectivity index (χ3n) is 2.17. The number of benzene rings is 1. The van der Waals surface area contributed by atoms with Gasteiger partial charge in [-0.1, -0.05) is 12.1 Å². The van der Waals surface area contributed by atoms with E-state index in [1.165, 1.54) is 18.2 Å². The van der Waals surface area contributed by atoms with Crippen LogP contribution in [0.25, 0.3) is 6.08 Å². The normalized spacial score (nSPS) is 10.8. The summed E-state index contributed by atoms with van der Waals surface area (Å²) >= 11 is 0. The number of rotatable bonds is 3. The molecule has 0 radical (unpaired) electrons. The SMILES string of the molecule is O=C(/C=C/c1ccc[nH]1)c1cccc(O)c1. The third-order valence-corrected chi connectivity index (χ3v) is 2.17. The van der Waals surface area contributed by atoms with Crippen molar-refractivity contribution in [2.45, 2.75) is 0 Å². The van der Waals surface area contributed by atoms with Gasteiger partial charge in [0, 0.05) is 17.5 Å². The van der Waals surface area contributed by atoms with Gasteiger partial charge in [0.2, 0.25) is 0 Å². The molecule has 1 heterocycles. The molecule has 0 amide bonds. The molecule has 2 aromatic rings. The zero-order valence-corrected chi connectivity index (χ0v) is 8.55. The molecule has 0 bridgehead atoms. The first-order valence-corrected chi connectivity index (χ1v) is 4.90. The maximum atomic E-state index is 11.7. The molecule has 0 atom stereocenters. The van der Waals surface area contributed by atoms with Crippen LogP contribution in [0.1, 0.15) is 16.1 Å². The second-order valence-electron chi connectivity index (χ2n) is 3.37. The van der Waals surface area contributed by atoms with Crippen molar-refractivity contribution in [2.24, 2.45) is 0 Å². The molecular weight excluding hydrogens is 202 g/mol. The van der Waals surface area contributed by atoms with E-state index in [1.807, 2.05) is 12.1 Å². The smallest absolute Gasteiger partial charge is 0.186 e. The number of aromatic amines is 1. The number of phenolic OH excluding ortho intramolecular Hbond substituents is 1. The monoisotopic (exact) mass is 213 g/mol. The molecule has 3 nitrogen and oxygen atoms in total. The molecule has 0 saturated carbocycles. The molecule has 0 spiro atoms. The average molecular weight is 213 g/mol. The number of allylic oxidation sites excluding steroid dienone is 1. The first-order valence-electron chi connectivity index (χ1n) is 4.90. The summed E-state index contributed by atoms with van der Waals surface area (Å²) in [5, 5.41) is 9.23. The van der Waals surface area contributed by atoms with Crippen LogP contribution in [0.5, 0.6) is 5.75 Å². The summed E-state index contributed by atoms with van der Waals surface area (Å²) in [5.41, 5.74) is 1.34. The quantitative estimate of drug-likeness (QED) is 0.608. The molecule has 16 heavy (non-hydrogen) atoms. The standard InChI is InChI=1S/C13H11NO2/c15-12-5-1-3-10(9-12)13(16)7-6-11-4-2-8-14-11/h1-9,14-15H/b7-6+. The van der Waals surface area contributed by atoms with Crippen LogP contribution in [0.4, 0.5) is 0 Å². The zero-order valence-electron chi connectivity index (χ0n) is 8.55. The summed E-state index contributed by atoms with van der Waals surface area (Å²) in [5.74, 6) is -0.0374. The molecular formula is C13H11NO2. The topological polar surface area (TPSA) is 53.1 Å². The highest BCUT2D eigenvalue weighted by Gasteiger charge is 2.01. The molecule has 0 aliphatic rings. The average Bonchev–Trinajstić information content (AvgIpc) is 2.78. The minimum absolute atomic E-state index is 0.0964. The van der Waals surface area contributed by atoms with Gasteiger partial charge in [0.05, 0.1) is 0 Å². The number of carbonyl (C=O) groups is 1. The van der Waals surface area contributed by atoms with Gasteiger partial charge in [0.25, 0.3) is 0 Å². The predicted molar refractivity (Wildman–Crippen MR) is 62.3 cm³/mol. The number of hydrogen-bond donors (Lipinski definition) is 2. The van der Waals surface area contributed by atoms with E-state index >= 15 is 0 Å². The van der Waals surface area contributed by atoms with Crippen molar-refractivity contribution in [3.63, 3.8) is 0 Å². The van der Waals surface area contributed by atoms with Gasteiger partial charge in [-0.25, -0.2) is 0 Å². The zero-order chi connectivity index (χ0) is 11.4. The van der Waals surface area contributed by atoms with Crippen molar-refractivity contribution in [1.82, 2.24) is 4.98 Å². The molecule has 2 rings (SSSR count). The van der Waals surface area contributed by atoms with E-state index in [0.717, 1.165) is 5.69 Å². The highest BCUT2D eigenvalue weighted by atomic mass is 16.3. The fraction of sp³-hybridized carbons (Fsp3) is 0. The number of aromatic nitrogens is 1. The molecule has 0 saturated heterocycles. The van der Waals surface area contributed by atoms with Crippen molar-refractivity contribution < 1.29 is 9.90 Å². The lowest BCUT2D eigenvalue weighted by Gasteiger charge is -1.96. The Bertz CT molecular complexity index is 512. The van der Waals surface area contributed by atoms with Crippen molar-refractivity contribution in [1.29, 1.82) is 0 Å². The second kappa shape index (κ2) is 4.49. The Morgan fingerprint density at radius 1 is 1.25 bits per heavy atom. The largest absolute Gasteiger partial charge is 0.508 e. The maximum Gasteiger partial charge on any atom is 0.186 e. The Labute approximate surface area is 93.1 Å². The van der Waals surface area contributed by atoms with Crippen molar-refractivity contribution in [3.05, 3.63) is 59.9 Å². The van der Waals surface area contributed by atoms with E-state index in [0.29, 0.717) is 5.56 Å². The molecule has 3 heteroatoms. The lowest BCUT2D eigenvalue weighted by Crippen LogP contribution is -1.93. The van der Waals surface area contributed by atoms with Crippen LogP contribution >= 0.6 is 0 Å². The van der Waals surface area contributed by atoms with Gasteiger partial charge >= 0.3 is 0 Å². The number of carbonyl (C=O) groups excluding carboxylic acids is 1. The number of aromatic hydroxyl groups is 1. The van der Waals surface area contributed by atoms with E-state index in [-0.39, 0.29) is 11.5 Å². The number of phenols is 1. The molecule has 1 aromatic carbocycles. The third kappa shape index (κ3) is 2.39. The lowest BCUT2D eigenvalue weighted by molar-refractivity contribution is 0.104. The van der Waals surface area contributed by atoms with Crippen molar-refractivity contribution >= 4 is 11.9 Å². The summed E-state index contributed by atoms with van der Waals surface area (Å²) in [6, 6.07) is 10.0. The molecule has 0 unspecified atom stereocenters. The summed E-state index contributed by atoms with van der Waals surface area (Å²) < 4.78 is 0.